The van der Waals surface area contributed by atoms with Gasteiger partial charge in [-0.1, -0.05) is 25.7 Å². The molecule has 1 spiro atoms. The topological polar surface area (TPSA) is 58.6 Å². The van der Waals surface area contributed by atoms with Crippen molar-refractivity contribution in [3.63, 3.8) is 0 Å². The highest BCUT2D eigenvalue weighted by Gasteiger charge is 2.50. The molecule has 1 heterocycles. The molecule has 124 valence electrons. The number of rotatable bonds is 3. The van der Waals surface area contributed by atoms with Crippen molar-refractivity contribution in [3.05, 3.63) is 29.6 Å². The van der Waals surface area contributed by atoms with Crippen molar-refractivity contribution in [1.29, 1.82) is 0 Å². The number of benzene rings is 1. The predicted molar refractivity (Wildman–Crippen MR) is 82.5 cm³/mol. The molecule has 0 unspecified atom stereocenters. The van der Waals surface area contributed by atoms with Crippen LogP contribution in [0.5, 0.6) is 5.75 Å². The number of ether oxygens (including phenoxy) is 1. The van der Waals surface area contributed by atoms with Gasteiger partial charge in [-0.15, -0.1) is 0 Å². The summed E-state index contributed by atoms with van der Waals surface area (Å²) in [6.45, 7) is 0.0212. The van der Waals surface area contributed by atoms with Crippen LogP contribution in [0.4, 0.5) is 9.18 Å². The van der Waals surface area contributed by atoms with Crippen LogP contribution in [0, 0.1) is 5.82 Å². The summed E-state index contributed by atoms with van der Waals surface area (Å²) in [4.78, 5) is 26.3. The Balaban J connectivity index is 1.85. The number of hydrogen-bond donors (Lipinski definition) is 1. The van der Waals surface area contributed by atoms with E-state index >= 15 is 0 Å². The fourth-order valence-corrected chi connectivity index (χ4v) is 3.53. The molecular weight excluding hydrogens is 299 g/mol. The maximum Gasteiger partial charge on any atom is 0.325 e. The molecule has 1 saturated heterocycles. The molecular formula is C17H21FN2O3. The van der Waals surface area contributed by atoms with Crippen molar-refractivity contribution in [2.45, 2.75) is 50.6 Å². The Morgan fingerprint density at radius 3 is 2.57 bits per heavy atom. The van der Waals surface area contributed by atoms with E-state index < -0.39 is 17.4 Å². The summed E-state index contributed by atoms with van der Waals surface area (Å²) in [5.41, 5.74) is -0.282. The van der Waals surface area contributed by atoms with Crippen LogP contribution in [0.15, 0.2) is 18.2 Å². The van der Waals surface area contributed by atoms with Crippen LogP contribution in [-0.4, -0.2) is 29.5 Å². The van der Waals surface area contributed by atoms with Crippen LogP contribution >= 0.6 is 0 Å². The third kappa shape index (κ3) is 2.90. The van der Waals surface area contributed by atoms with Gasteiger partial charge in [0.05, 0.1) is 13.7 Å². The van der Waals surface area contributed by atoms with Crippen LogP contribution in [-0.2, 0) is 11.3 Å². The van der Waals surface area contributed by atoms with Gasteiger partial charge in [0, 0.05) is 5.56 Å². The zero-order chi connectivity index (χ0) is 16.4. The first-order chi connectivity index (χ1) is 11.1. The Morgan fingerprint density at radius 1 is 1.22 bits per heavy atom. The lowest BCUT2D eigenvalue weighted by Crippen LogP contribution is -2.46. The summed E-state index contributed by atoms with van der Waals surface area (Å²) in [7, 11) is 1.48. The number of imide groups is 1. The zero-order valence-electron chi connectivity index (χ0n) is 13.2. The predicted octanol–water partition coefficient (Wildman–Crippen LogP) is 2.98. The average molecular weight is 320 g/mol. The van der Waals surface area contributed by atoms with Crippen LogP contribution in [0.3, 0.4) is 0 Å². The smallest absolute Gasteiger partial charge is 0.325 e. The van der Waals surface area contributed by atoms with E-state index in [1.165, 1.54) is 30.2 Å². The molecule has 0 bridgehead atoms. The number of carbonyl (C=O) groups is 2. The second kappa shape index (κ2) is 6.18. The van der Waals surface area contributed by atoms with Crippen LogP contribution in [0.25, 0.3) is 0 Å². The first-order valence-corrected chi connectivity index (χ1v) is 8.02. The minimum Gasteiger partial charge on any atom is -0.496 e. The van der Waals surface area contributed by atoms with Gasteiger partial charge in [0.25, 0.3) is 5.91 Å². The summed E-state index contributed by atoms with van der Waals surface area (Å²) in [5.74, 6) is -0.151. The molecule has 1 saturated carbocycles. The summed E-state index contributed by atoms with van der Waals surface area (Å²) in [5, 5.41) is 2.88. The van der Waals surface area contributed by atoms with Gasteiger partial charge in [0.1, 0.15) is 17.1 Å². The number of carbonyl (C=O) groups excluding carboxylic acids is 2. The minimum absolute atomic E-state index is 0.0212. The van der Waals surface area contributed by atoms with Gasteiger partial charge in [0.15, 0.2) is 0 Å². The van der Waals surface area contributed by atoms with Gasteiger partial charge in [0.2, 0.25) is 0 Å². The Kier molecular flexibility index (Phi) is 4.24. The number of urea groups is 1. The monoisotopic (exact) mass is 320 g/mol. The molecule has 2 aliphatic rings. The lowest BCUT2D eigenvalue weighted by molar-refractivity contribution is -0.132. The lowest BCUT2D eigenvalue weighted by Gasteiger charge is -2.24. The lowest BCUT2D eigenvalue weighted by atomic mass is 9.90. The van der Waals surface area contributed by atoms with Crippen LogP contribution in [0.1, 0.15) is 44.1 Å². The van der Waals surface area contributed by atoms with E-state index in [1.807, 2.05) is 0 Å². The van der Waals surface area contributed by atoms with Crippen molar-refractivity contribution >= 4 is 11.9 Å². The largest absolute Gasteiger partial charge is 0.496 e. The Hall–Kier alpha value is -2.11. The summed E-state index contributed by atoms with van der Waals surface area (Å²) >= 11 is 0. The molecule has 1 aliphatic carbocycles. The van der Waals surface area contributed by atoms with Crippen LogP contribution in [0.2, 0.25) is 0 Å². The fraction of sp³-hybridized carbons (Fsp3) is 0.529. The normalized spacial score (nSPS) is 20.5. The molecule has 0 atom stereocenters. The molecule has 1 N–H and O–H groups in total. The quantitative estimate of drug-likeness (QED) is 0.871. The highest BCUT2D eigenvalue weighted by atomic mass is 19.1. The SMILES string of the molecule is COc1ccc(F)cc1CN1C(=O)NC2(CCCCCC2)C1=O. The Morgan fingerprint density at radius 2 is 1.91 bits per heavy atom. The van der Waals surface area contributed by atoms with Gasteiger partial charge in [-0.2, -0.15) is 0 Å². The van der Waals surface area contributed by atoms with E-state index in [4.69, 9.17) is 4.74 Å². The second-order valence-electron chi connectivity index (χ2n) is 6.27. The van der Waals surface area contributed by atoms with Gasteiger partial charge < -0.3 is 10.1 Å². The summed E-state index contributed by atoms with van der Waals surface area (Å²) < 4.78 is 18.7. The number of nitrogens with one attached hydrogen (secondary N) is 1. The molecule has 2 fully saturated rings. The molecule has 0 aromatic heterocycles. The second-order valence-corrected chi connectivity index (χ2v) is 6.27. The van der Waals surface area contributed by atoms with Crippen molar-refractivity contribution in [2.24, 2.45) is 0 Å². The molecule has 3 amide bonds. The molecule has 5 nitrogen and oxygen atoms in total. The minimum atomic E-state index is -0.770. The van der Waals surface area contributed by atoms with Gasteiger partial charge in [-0.25, -0.2) is 9.18 Å². The van der Waals surface area contributed by atoms with E-state index in [2.05, 4.69) is 5.32 Å². The zero-order valence-corrected chi connectivity index (χ0v) is 13.2. The molecule has 1 aliphatic heterocycles. The Labute approximate surface area is 134 Å². The molecule has 1 aromatic rings. The maximum absolute atomic E-state index is 13.5. The van der Waals surface area contributed by atoms with E-state index in [-0.39, 0.29) is 12.5 Å². The third-order valence-electron chi connectivity index (χ3n) is 4.77. The third-order valence-corrected chi connectivity index (χ3v) is 4.77. The van der Waals surface area contributed by atoms with E-state index in [1.54, 1.807) is 0 Å². The number of halogens is 1. The summed E-state index contributed by atoms with van der Waals surface area (Å²) in [6.07, 6.45) is 5.39. The first-order valence-electron chi connectivity index (χ1n) is 8.02. The van der Waals surface area contributed by atoms with Gasteiger partial charge in [-0.05, 0) is 31.0 Å². The molecule has 1 aromatic carbocycles. The molecule has 3 rings (SSSR count). The van der Waals surface area contributed by atoms with Crippen molar-refractivity contribution in [1.82, 2.24) is 10.2 Å². The molecule has 23 heavy (non-hydrogen) atoms. The van der Waals surface area contributed by atoms with E-state index in [9.17, 15) is 14.0 Å². The van der Waals surface area contributed by atoms with Gasteiger partial charge >= 0.3 is 6.03 Å². The molecule has 0 radical (unpaired) electrons. The maximum atomic E-state index is 13.5. The fourth-order valence-electron chi connectivity index (χ4n) is 3.53. The van der Waals surface area contributed by atoms with Crippen molar-refractivity contribution in [2.75, 3.05) is 7.11 Å². The average Bonchev–Trinajstić information content (AvgIpc) is 2.71. The Bertz CT molecular complexity index is 624. The molecule has 6 heteroatoms. The highest BCUT2D eigenvalue weighted by molar-refractivity contribution is 6.07. The van der Waals surface area contributed by atoms with Crippen LogP contribution < -0.4 is 10.1 Å². The standard InChI is InChI=1S/C17H21FN2O3/c1-23-14-7-6-13(18)10-12(14)11-20-15(21)17(19-16(20)22)8-4-2-3-5-9-17/h6-7,10H,2-5,8-9,11H2,1H3,(H,19,22). The summed E-state index contributed by atoms with van der Waals surface area (Å²) in [6, 6.07) is 3.70. The first kappa shape index (κ1) is 15.8. The number of amides is 3. The van der Waals surface area contributed by atoms with Gasteiger partial charge in [-0.3, -0.25) is 9.69 Å². The highest BCUT2D eigenvalue weighted by Crippen LogP contribution is 2.34. The van der Waals surface area contributed by atoms with Crippen molar-refractivity contribution in [3.8, 4) is 5.75 Å². The van der Waals surface area contributed by atoms with Crippen molar-refractivity contribution < 1.29 is 18.7 Å². The van der Waals surface area contributed by atoms with E-state index in [0.717, 1.165) is 25.7 Å². The number of hydrogen-bond acceptors (Lipinski definition) is 3. The van der Waals surface area contributed by atoms with E-state index in [0.29, 0.717) is 24.2 Å². The number of methoxy groups -OCH3 is 1. The number of nitrogens with zero attached hydrogens (tertiary/aromatic N) is 1.